The van der Waals surface area contributed by atoms with Crippen LogP contribution in [0.4, 0.5) is 15.8 Å². The third-order valence-electron chi connectivity index (χ3n) is 2.98. The minimum Gasteiger partial charge on any atom is -0.394 e. The molecule has 1 unspecified atom stereocenters. The SMILES string of the molecule is CC(C)(C)CC(CO)NC(=O)c1cc(F)cc([N+](=O)[O-])c1N. The standard InChI is InChI=1S/C14H20FN3O4/c1-14(2,3)6-9(7-19)17-13(20)10-4-8(15)5-11(12(10)16)18(21)22/h4-5,9,19H,6-7,16H2,1-3H3,(H,17,20). The molecule has 22 heavy (non-hydrogen) atoms. The highest BCUT2D eigenvalue weighted by Crippen LogP contribution is 2.27. The number of aliphatic hydroxyl groups is 1. The second-order valence-electron chi connectivity index (χ2n) is 6.26. The zero-order chi connectivity index (χ0) is 17.1. The number of benzene rings is 1. The van der Waals surface area contributed by atoms with Gasteiger partial charge in [0.1, 0.15) is 11.5 Å². The lowest BCUT2D eigenvalue weighted by Gasteiger charge is -2.25. The van der Waals surface area contributed by atoms with Gasteiger partial charge in [-0.25, -0.2) is 4.39 Å². The average molecular weight is 313 g/mol. The van der Waals surface area contributed by atoms with E-state index in [4.69, 9.17) is 5.73 Å². The van der Waals surface area contributed by atoms with Gasteiger partial charge in [0.2, 0.25) is 0 Å². The first kappa shape index (κ1) is 17.8. The quantitative estimate of drug-likeness (QED) is 0.435. The summed E-state index contributed by atoms with van der Waals surface area (Å²) in [7, 11) is 0. The lowest BCUT2D eigenvalue weighted by molar-refractivity contribution is -0.384. The number of nitrogens with two attached hydrogens (primary N) is 1. The molecule has 0 spiro atoms. The number of carbonyl (C=O) groups is 1. The molecule has 1 atom stereocenters. The molecule has 0 saturated carbocycles. The van der Waals surface area contributed by atoms with E-state index in [1.807, 2.05) is 20.8 Å². The van der Waals surface area contributed by atoms with Crippen molar-refractivity contribution in [3.63, 3.8) is 0 Å². The molecule has 4 N–H and O–H groups in total. The summed E-state index contributed by atoms with van der Waals surface area (Å²) in [5, 5.41) is 22.6. The highest BCUT2D eigenvalue weighted by Gasteiger charge is 2.25. The van der Waals surface area contributed by atoms with E-state index in [2.05, 4.69) is 5.32 Å². The molecule has 8 heteroatoms. The molecule has 122 valence electrons. The Kier molecular flexibility index (Phi) is 5.43. The fourth-order valence-electron chi connectivity index (χ4n) is 2.11. The summed E-state index contributed by atoms with van der Waals surface area (Å²) >= 11 is 0. The Bertz CT molecular complexity index is 584. The fraction of sp³-hybridized carbons (Fsp3) is 0.500. The second kappa shape index (κ2) is 6.69. The van der Waals surface area contributed by atoms with Crippen molar-refractivity contribution < 1.29 is 19.2 Å². The number of nitro groups is 1. The number of nitrogens with one attached hydrogen (secondary N) is 1. The van der Waals surface area contributed by atoms with E-state index in [1.165, 1.54) is 0 Å². The van der Waals surface area contributed by atoms with Gasteiger partial charge in [0.05, 0.1) is 29.2 Å². The van der Waals surface area contributed by atoms with Crippen LogP contribution in [0.15, 0.2) is 12.1 Å². The van der Waals surface area contributed by atoms with E-state index in [-0.39, 0.29) is 17.6 Å². The van der Waals surface area contributed by atoms with Crippen LogP contribution in [0.2, 0.25) is 0 Å². The second-order valence-corrected chi connectivity index (χ2v) is 6.26. The molecule has 0 saturated heterocycles. The van der Waals surface area contributed by atoms with E-state index in [1.54, 1.807) is 0 Å². The minimum atomic E-state index is -0.928. The number of halogens is 1. The monoisotopic (exact) mass is 313 g/mol. The molecule has 0 radical (unpaired) electrons. The van der Waals surface area contributed by atoms with Gasteiger partial charge in [0.25, 0.3) is 11.6 Å². The molecule has 0 aliphatic heterocycles. The van der Waals surface area contributed by atoms with E-state index >= 15 is 0 Å². The summed E-state index contributed by atoms with van der Waals surface area (Å²) < 4.78 is 13.4. The van der Waals surface area contributed by atoms with Crippen LogP contribution in [-0.2, 0) is 0 Å². The van der Waals surface area contributed by atoms with Crippen molar-refractivity contribution in [3.05, 3.63) is 33.6 Å². The number of carbonyl (C=O) groups excluding carboxylic acids is 1. The van der Waals surface area contributed by atoms with Crippen LogP contribution in [0.3, 0.4) is 0 Å². The Balaban J connectivity index is 3.05. The van der Waals surface area contributed by atoms with Crippen LogP contribution >= 0.6 is 0 Å². The first-order valence-electron chi connectivity index (χ1n) is 6.70. The number of hydrogen-bond acceptors (Lipinski definition) is 5. The van der Waals surface area contributed by atoms with Crippen molar-refractivity contribution >= 4 is 17.3 Å². The third-order valence-corrected chi connectivity index (χ3v) is 2.98. The molecule has 0 aliphatic rings. The molecule has 0 aromatic heterocycles. The Morgan fingerprint density at radius 3 is 2.55 bits per heavy atom. The molecular formula is C14H20FN3O4. The van der Waals surface area contributed by atoms with Crippen molar-refractivity contribution in [2.75, 3.05) is 12.3 Å². The van der Waals surface area contributed by atoms with Gasteiger partial charge in [-0.05, 0) is 17.9 Å². The number of hydrogen-bond donors (Lipinski definition) is 3. The zero-order valence-corrected chi connectivity index (χ0v) is 12.7. The van der Waals surface area contributed by atoms with Crippen LogP contribution in [0.25, 0.3) is 0 Å². The van der Waals surface area contributed by atoms with E-state index < -0.39 is 34.1 Å². The van der Waals surface area contributed by atoms with Gasteiger partial charge < -0.3 is 16.2 Å². The van der Waals surface area contributed by atoms with Crippen LogP contribution in [-0.4, -0.2) is 28.6 Å². The number of nitrogens with zero attached hydrogens (tertiary/aromatic N) is 1. The first-order valence-corrected chi connectivity index (χ1v) is 6.70. The van der Waals surface area contributed by atoms with Crippen molar-refractivity contribution in [3.8, 4) is 0 Å². The Labute approximate surface area is 127 Å². The van der Waals surface area contributed by atoms with Gasteiger partial charge in [-0.3, -0.25) is 14.9 Å². The normalized spacial score (nSPS) is 12.8. The van der Waals surface area contributed by atoms with Gasteiger partial charge in [-0.2, -0.15) is 0 Å². The summed E-state index contributed by atoms with van der Waals surface area (Å²) in [6.07, 6.45) is 0.479. The van der Waals surface area contributed by atoms with Gasteiger partial charge in [0.15, 0.2) is 0 Å². The predicted octanol–water partition coefficient (Wildman–Crippen LogP) is 1.84. The topological polar surface area (TPSA) is 118 Å². The van der Waals surface area contributed by atoms with Gasteiger partial charge in [-0.1, -0.05) is 20.8 Å². The smallest absolute Gasteiger partial charge is 0.295 e. The van der Waals surface area contributed by atoms with Crippen LogP contribution in [0.1, 0.15) is 37.6 Å². The van der Waals surface area contributed by atoms with Crippen molar-refractivity contribution in [1.29, 1.82) is 0 Å². The van der Waals surface area contributed by atoms with E-state index in [0.717, 1.165) is 6.07 Å². The Morgan fingerprint density at radius 1 is 1.50 bits per heavy atom. The maximum Gasteiger partial charge on any atom is 0.295 e. The lowest BCUT2D eigenvalue weighted by Crippen LogP contribution is -2.40. The summed E-state index contributed by atoms with van der Waals surface area (Å²) in [5.74, 6) is -1.69. The van der Waals surface area contributed by atoms with Gasteiger partial charge in [-0.15, -0.1) is 0 Å². The maximum atomic E-state index is 13.4. The maximum absolute atomic E-state index is 13.4. The lowest BCUT2D eigenvalue weighted by atomic mass is 9.88. The first-order chi connectivity index (χ1) is 10.0. The highest BCUT2D eigenvalue weighted by atomic mass is 19.1. The molecule has 0 bridgehead atoms. The molecule has 1 aromatic carbocycles. The molecule has 0 fully saturated rings. The zero-order valence-electron chi connectivity index (χ0n) is 12.7. The summed E-state index contributed by atoms with van der Waals surface area (Å²) in [6, 6.07) is 0.933. The summed E-state index contributed by atoms with van der Waals surface area (Å²) in [6.45, 7) is 5.50. The molecule has 1 aromatic rings. The molecule has 1 amide bonds. The van der Waals surface area contributed by atoms with Crippen molar-refractivity contribution in [2.45, 2.75) is 33.2 Å². The molecule has 0 aliphatic carbocycles. The summed E-state index contributed by atoms with van der Waals surface area (Å²) in [5.41, 5.74) is 4.02. The number of nitro benzene ring substituents is 1. The number of nitrogen functional groups attached to an aromatic ring is 1. The largest absolute Gasteiger partial charge is 0.394 e. The minimum absolute atomic E-state index is 0.153. The number of aliphatic hydroxyl groups excluding tert-OH is 1. The molecular weight excluding hydrogens is 293 g/mol. The third kappa shape index (κ3) is 4.66. The molecule has 7 nitrogen and oxygen atoms in total. The fourth-order valence-corrected chi connectivity index (χ4v) is 2.11. The van der Waals surface area contributed by atoms with Crippen LogP contribution < -0.4 is 11.1 Å². The number of anilines is 1. The predicted molar refractivity (Wildman–Crippen MR) is 79.9 cm³/mol. The molecule has 1 rings (SSSR count). The van der Waals surface area contributed by atoms with Crippen LogP contribution in [0.5, 0.6) is 0 Å². The van der Waals surface area contributed by atoms with Crippen molar-refractivity contribution in [1.82, 2.24) is 5.32 Å². The average Bonchev–Trinajstić information content (AvgIpc) is 2.38. The van der Waals surface area contributed by atoms with E-state index in [0.29, 0.717) is 12.5 Å². The molecule has 0 heterocycles. The van der Waals surface area contributed by atoms with E-state index in [9.17, 15) is 24.4 Å². The van der Waals surface area contributed by atoms with Crippen molar-refractivity contribution in [2.24, 2.45) is 5.41 Å². The van der Waals surface area contributed by atoms with Gasteiger partial charge >= 0.3 is 0 Å². The highest BCUT2D eigenvalue weighted by molar-refractivity contribution is 6.01. The summed E-state index contributed by atoms with van der Waals surface area (Å²) in [4.78, 5) is 22.1. The van der Waals surface area contributed by atoms with Gasteiger partial charge in [0, 0.05) is 0 Å². The Morgan fingerprint density at radius 2 is 2.09 bits per heavy atom. The Hall–Kier alpha value is -2.22. The number of amides is 1. The van der Waals surface area contributed by atoms with Crippen LogP contribution in [0, 0.1) is 21.3 Å². The number of rotatable bonds is 5.